The molecule has 1 rings (SSSR count). The first-order valence-electron chi connectivity index (χ1n) is 5.28. The van der Waals surface area contributed by atoms with Crippen LogP contribution in [0.1, 0.15) is 11.1 Å². The number of anilines is 1. The van der Waals surface area contributed by atoms with Gasteiger partial charge in [0.25, 0.3) is 0 Å². The smallest absolute Gasteiger partial charge is 0.234 e. The molecule has 0 aliphatic rings. The van der Waals surface area contributed by atoms with Crippen LogP contribution in [0, 0.1) is 13.8 Å². The number of aryl methyl sites for hydroxylation is 2. The Balaban J connectivity index is 2.49. The van der Waals surface area contributed by atoms with Crippen LogP contribution >= 0.6 is 11.8 Å². The number of carbonyl (C=O) groups is 1. The van der Waals surface area contributed by atoms with E-state index in [1.54, 1.807) is 11.8 Å². The first-order valence-corrected chi connectivity index (χ1v) is 6.43. The van der Waals surface area contributed by atoms with Crippen molar-refractivity contribution in [2.24, 2.45) is 5.73 Å². The molecule has 1 aromatic rings. The van der Waals surface area contributed by atoms with Gasteiger partial charge in [0, 0.05) is 18.0 Å². The SMILES string of the molecule is Cc1cc(C)cc(NC(=O)CSCCN)c1. The second kappa shape index (κ2) is 6.55. The third-order valence-corrected chi connectivity index (χ3v) is 2.99. The van der Waals surface area contributed by atoms with Gasteiger partial charge in [0.2, 0.25) is 5.91 Å². The molecule has 0 fully saturated rings. The first kappa shape index (κ1) is 13.1. The summed E-state index contributed by atoms with van der Waals surface area (Å²) in [6.45, 7) is 4.65. The van der Waals surface area contributed by atoms with Gasteiger partial charge in [-0.25, -0.2) is 0 Å². The second-order valence-electron chi connectivity index (χ2n) is 3.77. The number of nitrogens with two attached hydrogens (primary N) is 1. The lowest BCUT2D eigenvalue weighted by Crippen LogP contribution is -2.15. The van der Waals surface area contributed by atoms with Crippen molar-refractivity contribution in [1.29, 1.82) is 0 Å². The summed E-state index contributed by atoms with van der Waals surface area (Å²) in [6, 6.07) is 6.02. The van der Waals surface area contributed by atoms with Gasteiger partial charge in [-0.05, 0) is 37.1 Å². The average molecular weight is 238 g/mol. The number of thioether (sulfide) groups is 1. The summed E-state index contributed by atoms with van der Waals surface area (Å²) in [5, 5.41) is 2.88. The van der Waals surface area contributed by atoms with Crippen LogP contribution in [0.3, 0.4) is 0 Å². The van der Waals surface area contributed by atoms with E-state index in [1.165, 1.54) is 0 Å². The molecule has 0 bridgehead atoms. The maximum atomic E-state index is 11.5. The molecule has 0 heterocycles. The van der Waals surface area contributed by atoms with Crippen LogP contribution in [0.2, 0.25) is 0 Å². The van der Waals surface area contributed by atoms with Crippen LogP contribution in [0.15, 0.2) is 18.2 Å². The molecule has 0 saturated carbocycles. The number of benzene rings is 1. The Morgan fingerprint density at radius 1 is 1.31 bits per heavy atom. The third-order valence-electron chi connectivity index (χ3n) is 2.00. The number of hydrogen-bond donors (Lipinski definition) is 2. The molecular formula is C12H18N2OS. The highest BCUT2D eigenvalue weighted by Gasteiger charge is 2.02. The molecule has 3 nitrogen and oxygen atoms in total. The van der Waals surface area contributed by atoms with E-state index in [1.807, 2.05) is 26.0 Å². The Labute approximate surface area is 101 Å². The fourth-order valence-corrected chi connectivity index (χ4v) is 2.06. The molecular weight excluding hydrogens is 220 g/mol. The quantitative estimate of drug-likeness (QED) is 0.771. The molecule has 3 N–H and O–H groups in total. The van der Waals surface area contributed by atoms with Gasteiger partial charge in [-0.1, -0.05) is 6.07 Å². The van der Waals surface area contributed by atoms with Crippen molar-refractivity contribution in [2.45, 2.75) is 13.8 Å². The zero-order chi connectivity index (χ0) is 12.0. The van der Waals surface area contributed by atoms with Crippen molar-refractivity contribution >= 4 is 23.4 Å². The summed E-state index contributed by atoms with van der Waals surface area (Å²) < 4.78 is 0. The summed E-state index contributed by atoms with van der Waals surface area (Å²) in [5.41, 5.74) is 8.54. The zero-order valence-electron chi connectivity index (χ0n) is 9.75. The minimum absolute atomic E-state index is 0.0310. The fourth-order valence-electron chi connectivity index (χ4n) is 1.49. The molecule has 1 amide bonds. The number of carbonyl (C=O) groups excluding carboxylic acids is 1. The summed E-state index contributed by atoms with van der Waals surface area (Å²) in [7, 11) is 0. The van der Waals surface area contributed by atoms with Crippen molar-refractivity contribution in [3.05, 3.63) is 29.3 Å². The van der Waals surface area contributed by atoms with Crippen LogP contribution in [-0.4, -0.2) is 24.0 Å². The summed E-state index contributed by atoms with van der Waals surface area (Å²) in [6.07, 6.45) is 0. The molecule has 1 aromatic carbocycles. The van der Waals surface area contributed by atoms with Crippen molar-refractivity contribution in [3.63, 3.8) is 0 Å². The largest absolute Gasteiger partial charge is 0.330 e. The zero-order valence-corrected chi connectivity index (χ0v) is 10.6. The molecule has 0 atom stereocenters. The van der Waals surface area contributed by atoms with Gasteiger partial charge < -0.3 is 11.1 Å². The Hall–Kier alpha value is -1.00. The monoisotopic (exact) mass is 238 g/mol. The van der Waals surface area contributed by atoms with Gasteiger partial charge >= 0.3 is 0 Å². The lowest BCUT2D eigenvalue weighted by Gasteiger charge is -2.07. The van der Waals surface area contributed by atoms with E-state index in [2.05, 4.69) is 11.4 Å². The lowest BCUT2D eigenvalue weighted by atomic mass is 10.1. The van der Waals surface area contributed by atoms with Crippen LogP contribution < -0.4 is 11.1 Å². The summed E-state index contributed by atoms with van der Waals surface area (Å²) in [4.78, 5) is 11.5. The van der Waals surface area contributed by atoms with E-state index in [0.717, 1.165) is 22.6 Å². The highest BCUT2D eigenvalue weighted by atomic mass is 32.2. The molecule has 0 spiro atoms. The van der Waals surface area contributed by atoms with Gasteiger partial charge in [0.05, 0.1) is 5.75 Å². The van der Waals surface area contributed by atoms with E-state index in [0.29, 0.717) is 12.3 Å². The first-order chi connectivity index (χ1) is 7.61. The molecule has 0 unspecified atom stereocenters. The molecule has 16 heavy (non-hydrogen) atoms. The highest BCUT2D eigenvalue weighted by Crippen LogP contribution is 2.14. The molecule has 0 saturated heterocycles. The van der Waals surface area contributed by atoms with Crippen LogP contribution in [-0.2, 0) is 4.79 Å². The van der Waals surface area contributed by atoms with E-state index >= 15 is 0 Å². The number of hydrogen-bond acceptors (Lipinski definition) is 3. The molecule has 0 aliphatic heterocycles. The van der Waals surface area contributed by atoms with Gasteiger partial charge in [0.15, 0.2) is 0 Å². The lowest BCUT2D eigenvalue weighted by molar-refractivity contribution is -0.113. The molecule has 0 aromatic heterocycles. The minimum Gasteiger partial charge on any atom is -0.330 e. The maximum Gasteiger partial charge on any atom is 0.234 e. The van der Waals surface area contributed by atoms with E-state index < -0.39 is 0 Å². The van der Waals surface area contributed by atoms with Crippen LogP contribution in [0.5, 0.6) is 0 Å². The Morgan fingerprint density at radius 3 is 2.50 bits per heavy atom. The van der Waals surface area contributed by atoms with Crippen molar-refractivity contribution in [3.8, 4) is 0 Å². The normalized spacial score (nSPS) is 10.2. The Bertz CT molecular complexity index is 346. The molecule has 0 aliphatic carbocycles. The molecule has 88 valence electrons. The third kappa shape index (κ3) is 4.68. The molecule has 4 heteroatoms. The topological polar surface area (TPSA) is 55.1 Å². The predicted octanol–water partition coefficient (Wildman–Crippen LogP) is 1.93. The standard InChI is InChI=1S/C12H18N2OS/c1-9-5-10(2)7-11(6-9)14-12(15)8-16-4-3-13/h5-7H,3-4,8,13H2,1-2H3,(H,14,15). The van der Waals surface area contributed by atoms with Crippen molar-refractivity contribution < 1.29 is 4.79 Å². The van der Waals surface area contributed by atoms with Gasteiger partial charge in [-0.2, -0.15) is 11.8 Å². The second-order valence-corrected chi connectivity index (χ2v) is 4.87. The predicted molar refractivity (Wildman–Crippen MR) is 70.9 cm³/mol. The van der Waals surface area contributed by atoms with Gasteiger partial charge in [-0.3, -0.25) is 4.79 Å². The number of rotatable bonds is 5. The van der Waals surface area contributed by atoms with Crippen LogP contribution in [0.4, 0.5) is 5.69 Å². The number of nitrogens with one attached hydrogen (secondary N) is 1. The Morgan fingerprint density at radius 2 is 1.94 bits per heavy atom. The summed E-state index contributed by atoms with van der Waals surface area (Å²) >= 11 is 1.55. The number of amides is 1. The van der Waals surface area contributed by atoms with E-state index in [4.69, 9.17) is 5.73 Å². The van der Waals surface area contributed by atoms with E-state index in [9.17, 15) is 4.79 Å². The van der Waals surface area contributed by atoms with Gasteiger partial charge in [-0.15, -0.1) is 0 Å². The van der Waals surface area contributed by atoms with Crippen molar-refractivity contribution in [1.82, 2.24) is 0 Å². The maximum absolute atomic E-state index is 11.5. The fraction of sp³-hybridized carbons (Fsp3) is 0.417. The van der Waals surface area contributed by atoms with E-state index in [-0.39, 0.29) is 5.91 Å². The Kier molecular flexibility index (Phi) is 5.35. The van der Waals surface area contributed by atoms with Crippen molar-refractivity contribution in [2.75, 3.05) is 23.4 Å². The summed E-state index contributed by atoms with van der Waals surface area (Å²) in [5.74, 6) is 1.31. The van der Waals surface area contributed by atoms with Gasteiger partial charge in [0.1, 0.15) is 0 Å². The average Bonchev–Trinajstić information content (AvgIpc) is 2.16. The minimum atomic E-state index is 0.0310. The molecule has 0 radical (unpaired) electrons. The highest BCUT2D eigenvalue weighted by molar-refractivity contribution is 7.99. The van der Waals surface area contributed by atoms with Crippen LogP contribution in [0.25, 0.3) is 0 Å².